The number of carbonyl (C=O) groups is 2. The molecule has 0 spiro atoms. The summed E-state index contributed by atoms with van der Waals surface area (Å²) in [4.78, 5) is 33.8. The van der Waals surface area contributed by atoms with E-state index in [9.17, 15) is 9.59 Å². The number of hydrogen-bond acceptors (Lipinski definition) is 4. The van der Waals surface area contributed by atoms with Crippen LogP contribution in [0.15, 0.2) is 72.8 Å². The van der Waals surface area contributed by atoms with Crippen LogP contribution in [0, 0.1) is 0 Å². The van der Waals surface area contributed by atoms with Gasteiger partial charge in [0, 0.05) is 40.7 Å². The second kappa shape index (κ2) is 9.87. The first-order valence-electron chi connectivity index (χ1n) is 12.0. The van der Waals surface area contributed by atoms with Crippen molar-refractivity contribution >= 4 is 22.7 Å². The molecule has 0 fully saturated rings. The molecule has 4 aromatic rings. The van der Waals surface area contributed by atoms with Crippen LogP contribution in [0.4, 0.5) is 0 Å². The zero-order chi connectivity index (χ0) is 25.2. The van der Waals surface area contributed by atoms with Gasteiger partial charge in [0.15, 0.2) is 0 Å². The molecule has 1 aliphatic rings. The molecule has 1 aromatic heterocycles. The molecule has 0 unspecified atom stereocenters. The van der Waals surface area contributed by atoms with E-state index >= 15 is 0 Å². The van der Waals surface area contributed by atoms with Crippen LogP contribution in [0.25, 0.3) is 22.2 Å². The highest BCUT2D eigenvalue weighted by Crippen LogP contribution is 2.45. The summed E-state index contributed by atoms with van der Waals surface area (Å²) in [5.74, 6) is 0.433. The lowest BCUT2D eigenvalue weighted by atomic mass is 9.93. The van der Waals surface area contributed by atoms with E-state index in [0.717, 1.165) is 45.6 Å². The zero-order valence-electron chi connectivity index (χ0n) is 20.7. The molecule has 0 aliphatic carbocycles. The molecule has 7 heteroatoms. The summed E-state index contributed by atoms with van der Waals surface area (Å²) in [5, 5.41) is 3.97. The van der Waals surface area contributed by atoms with Gasteiger partial charge < -0.3 is 24.8 Å². The molecular weight excluding hydrogens is 452 g/mol. The van der Waals surface area contributed by atoms with Crippen LogP contribution in [-0.2, 0) is 4.79 Å². The minimum atomic E-state index is -0.411. The highest BCUT2D eigenvalue weighted by Gasteiger charge is 2.40. The Morgan fingerprint density at radius 2 is 1.83 bits per heavy atom. The Morgan fingerprint density at radius 3 is 2.64 bits per heavy atom. The van der Waals surface area contributed by atoms with Crippen molar-refractivity contribution in [2.24, 2.45) is 0 Å². The van der Waals surface area contributed by atoms with Crippen molar-refractivity contribution in [3.05, 3.63) is 89.5 Å². The predicted octanol–water partition coefficient (Wildman–Crippen LogP) is 4.07. The Balaban J connectivity index is 1.63. The smallest absolute Gasteiger partial charge is 0.255 e. The number of hydrogen-bond donors (Lipinski definition) is 2. The van der Waals surface area contributed by atoms with E-state index in [1.54, 1.807) is 12.0 Å². The highest BCUT2D eigenvalue weighted by molar-refractivity contribution is 6.03. The van der Waals surface area contributed by atoms with E-state index in [1.165, 1.54) is 0 Å². The Hall–Kier alpha value is -4.10. The number of fused-ring (bicyclic) bond motifs is 2. The minimum absolute atomic E-state index is 0.0251. The maximum absolute atomic E-state index is 13.6. The number of H-pyrrole nitrogens is 1. The summed E-state index contributed by atoms with van der Waals surface area (Å²) >= 11 is 0. The first kappa shape index (κ1) is 23.6. The largest absolute Gasteiger partial charge is 0.497 e. The Labute approximate surface area is 210 Å². The van der Waals surface area contributed by atoms with Gasteiger partial charge in [-0.15, -0.1) is 0 Å². The third-order valence-electron chi connectivity index (χ3n) is 6.63. The van der Waals surface area contributed by atoms with Crippen LogP contribution in [0.5, 0.6) is 5.75 Å². The molecule has 7 nitrogen and oxygen atoms in total. The van der Waals surface area contributed by atoms with Crippen molar-refractivity contribution < 1.29 is 14.3 Å². The molecule has 36 heavy (non-hydrogen) atoms. The van der Waals surface area contributed by atoms with Gasteiger partial charge in [0.25, 0.3) is 5.91 Å². The van der Waals surface area contributed by atoms with Gasteiger partial charge >= 0.3 is 0 Å². The maximum Gasteiger partial charge on any atom is 0.255 e. The summed E-state index contributed by atoms with van der Waals surface area (Å²) in [6.45, 7) is 1.22. The average Bonchev–Trinajstić information content (AvgIpc) is 3.39. The maximum atomic E-state index is 13.6. The number of likely N-dealkylation sites (N-methyl/N-ethyl adjacent to an activating group) is 1. The molecule has 0 radical (unpaired) electrons. The molecular formula is C29H30N4O3. The van der Waals surface area contributed by atoms with Crippen LogP contribution in [0.3, 0.4) is 0 Å². The van der Waals surface area contributed by atoms with Gasteiger partial charge in [0.1, 0.15) is 12.3 Å². The molecule has 0 saturated heterocycles. The van der Waals surface area contributed by atoms with Gasteiger partial charge in [-0.3, -0.25) is 9.59 Å². The first-order valence-corrected chi connectivity index (χ1v) is 12.0. The Kier molecular flexibility index (Phi) is 6.48. The lowest BCUT2D eigenvalue weighted by Crippen LogP contribution is -2.41. The second-order valence-electron chi connectivity index (χ2n) is 9.27. The van der Waals surface area contributed by atoms with E-state index in [0.29, 0.717) is 12.1 Å². The number of methoxy groups -OCH3 is 1. The molecule has 0 saturated carbocycles. The number of rotatable bonds is 8. The molecule has 1 aliphatic heterocycles. The van der Waals surface area contributed by atoms with E-state index in [-0.39, 0.29) is 18.4 Å². The number of carbonyl (C=O) groups excluding carboxylic acids is 2. The van der Waals surface area contributed by atoms with E-state index in [4.69, 9.17) is 4.74 Å². The fourth-order valence-electron chi connectivity index (χ4n) is 4.93. The molecule has 1 atom stereocenters. The summed E-state index contributed by atoms with van der Waals surface area (Å²) in [6.07, 6.45) is 0. The molecule has 2 heterocycles. The van der Waals surface area contributed by atoms with E-state index in [1.807, 2.05) is 85.7 Å². The fourth-order valence-corrected chi connectivity index (χ4v) is 4.93. The topological polar surface area (TPSA) is 77.7 Å². The third-order valence-corrected chi connectivity index (χ3v) is 6.63. The normalized spacial score (nSPS) is 14.9. The van der Waals surface area contributed by atoms with Crippen molar-refractivity contribution in [1.82, 2.24) is 20.1 Å². The van der Waals surface area contributed by atoms with Crippen molar-refractivity contribution in [3.63, 3.8) is 0 Å². The lowest BCUT2D eigenvalue weighted by Gasteiger charge is -2.26. The van der Waals surface area contributed by atoms with Gasteiger partial charge in [-0.05, 0) is 43.9 Å². The number of amides is 2. The van der Waals surface area contributed by atoms with Crippen LogP contribution < -0.4 is 10.1 Å². The number of aromatic nitrogens is 1. The third kappa shape index (κ3) is 4.33. The first-order chi connectivity index (χ1) is 17.5. The lowest BCUT2D eigenvalue weighted by molar-refractivity contribution is -0.122. The van der Waals surface area contributed by atoms with Crippen LogP contribution in [0.2, 0.25) is 0 Å². The van der Waals surface area contributed by atoms with E-state index in [2.05, 4.69) is 16.4 Å². The van der Waals surface area contributed by atoms with Crippen molar-refractivity contribution in [1.29, 1.82) is 0 Å². The minimum Gasteiger partial charge on any atom is -0.497 e. The summed E-state index contributed by atoms with van der Waals surface area (Å²) in [6, 6.07) is 23.2. The van der Waals surface area contributed by atoms with Gasteiger partial charge in [-0.1, -0.05) is 48.5 Å². The van der Waals surface area contributed by atoms with Gasteiger partial charge in [-0.25, -0.2) is 0 Å². The number of nitrogens with zero attached hydrogens (tertiary/aromatic N) is 2. The van der Waals surface area contributed by atoms with Crippen LogP contribution in [-0.4, -0.2) is 67.4 Å². The summed E-state index contributed by atoms with van der Waals surface area (Å²) < 4.78 is 5.48. The predicted molar refractivity (Wildman–Crippen MR) is 141 cm³/mol. The second-order valence-corrected chi connectivity index (χ2v) is 9.27. The monoisotopic (exact) mass is 482 g/mol. The number of benzene rings is 3. The summed E-state index contributed by atoms with van der Waals surface area (Å²) in [7, 11) is 5.56. The van der Waals surface area contributed by atoms with Gasteiger partial charge in [-0.2, -0.15) is 0 Å². The molecule has 5 rings (SSSR count). The molecule has 0 bridgehead atoms. The van der Waals surface area contributed by atoms with Gasteiger partial charge in [0.05, 0.1) is 18.8 Å². The van der Waals surface area contributed by atoms with Crippen molar-refractivity contribution in [3.8, 4) is 17.0 Å². The fraction of sp³-hybridized carbons (Fsp3) is 0.241. The zero-order valence-corrected chi connectivity index (χ0v) is 20.7. The number of ether oxygens (including phenoxy) is 1. The van der Waals surface area contributed by atoms with Gasteiger partial charge in [0.2, 0.25) is 5.91 Å². The van der Waals surface area contributed by atoms with Crippen molar-refractivity contribution in [2.45, 2.75) is 6.04 Å². The Morgan fingerprint density at radius 1 is 1.06 bits per heavy atom. The highest BCUT2D eigenvalue weighted by atomic mass is 16.5. The average molecular weight is 483 g/mol. The van der Waals surface area contributed by atoms with Crippen LogP contribution >= 0.6 is 0 Å². The van der Waals surface area contributed by atoms with E-state index < -0.39 is 6.04 Å². The molecule has 3 aromatic carbocycles. The molecule has 2 N–H and O–H groups in total. The number of aromatic amines is 1. The molecule has 2 amide bonds. The van der Waals surface area contributed by atoms with Crippen molar-refractivity contribution in [2.75, 3.05) is 40.8 Å². The summed E-state index contributed by atoms with van der Waals surface area (Å²) in [5.41, 5.74) is 5.33. The SMILES string of the molecule is COc1cccc(-c2[nH]c3ccccc3c2[C@H]2c3ccccc3C(=O)N2CC(=O)NCCN(C)C)c1. The Bertz CT molecular complexity index is 1430. The molecule has 184 valence electrons. The number of nitrogens with one attached hydrogen (secondary N) is 2. The quantitative estimate of drug-likeness (QED) is 0.397. The van der Waals surface area contributed by atoms with Crippen LogP contribution in [0.1, 0.15) is 27.5 Å². The number of para-hydroxylation sites is 1. The standard InChI is InChI=1S/C29H30N4O3/c1-32(2)16-15-30-25(34)18-33-28(21-11-4-5-12-22(21)29(33)35)26-23-13-6-7-14-24(23)31-27(26)19-9-8-10-20(17-19)36-3/h4-14,17,28,31H,15-16,18H2,1-3H3,(H,30,34)/t28-/m1/s1.